The van der Waals surface area contributed by atoms with Crippen molar-refractivity contribution in [3.05, 3.63) is 33.8 Å². The molecule has 1 aromatic rings. The minimum Gasteiger partial charge on any atom is -0.364 e. The summed E-state index contributed by atoms with van der Waals surface area (Å²) in [5.41, 5.74) is 1.82. The molecule has 0 aliphatic carbocycles. The molecule has 0 saturated carbocycles. The first kappa shape index (κ1) is 9.71. The van der Waals surface area contributed by atoms with Gasteiger partial charge in [0, 0.05) is 17.1 Å². The van der Waals surface area contributed by atoms with Crippen LogP contribution < -0.4 is 0 Å². The van der Waals surface area contributed by atoms with Crippen molar-refractivity contribution >= 4 is 15.9 Å². The molecule has 0 radical (unpaired) electrons. The zero-order chi connectivity index (χ0) is 9.14. The largest absolute Gasteiger partial charge is 0.364 e. The fourth-order valence-electron chi connectivity index (χ4n) is 1.04. The smallest absolute Gasteiger partial charge is 0.181 e. The van der Waals surface area contributed by atoms with Crippen LogP contribution in [0.4, 0.5) is 0 Å². The molecule has 1 unspecified atom stereocenters. The highest BCUT2D eigenvalue weighted by Gasteiger charge is 2.07. The molecule has 0 aromatic heterocycles. The molecular formula is C9H11BrO2. The molecule has 12 heavy (non-hydrogen) atoms. The Hall–Kier alpha value is -0.380. The van der Waals surface area contributed by atoms with E-state index in [1.165, 1.54) is 7.11 Å². The van der Waals surface area contributed by atoms with Gasteiger partial charge in [-0.2, -0.15) is 0 Å². The number of aryl methyl sites for hydroxylation is 1. The molecule has 3 heteroatoms. The van der Waals surface area contributed by atoms with Gasteiger partial charge < -0.3 is 9.84 Å². The van der Waals surface area contributed by atoms with E-state index in [0.717, 1.165) is 15.6 Å². The number of rotatable bonds is 2. The van der Waals surface area contributed by atoms with E-state index in [0.29, 0.717) is 0 Å². The van der Waals surface area contributed by atoms with Crippen LogP contribution in [-0.4, -0.2) is 12.2 Å². The molecule has 0 bridgehead atoms. The molecule has 0 spiro atoms. The lowest BCUT2D eigenvalue weighted by molar-refractivity contribution is -0.0773. The summed E-state index contributed by atoms with van der Waals surface area (Å²) in [6, 6.07) is 5.66. The van der Waals surface area contributed by atoms with Crippen LogP contribution >= 0.6 is 15.9 Å². The average Bonchev–Trinajstić information content (AvgIpc) is 2.03. The number of methoxy groups -OCH3 is 1. The number of aliphatic hydroxyl groups is 1. The van der Waals surface area contributed by atoms with Crippen LogP contribution in [0, 0.1) is 6.92 Å². The Bertz CT molecular complexity index is 273. The van der Waals surface area contributed by atoms with Crippen molar-refractivity contribution in [2.24, 2.45) is 0 Å². The number of ether oxygens (including phenoxy) is 1. The van der Waals surface area contributed by atoms with Crippen LogP contribution in [0.15, 0.2) is 22.7 Å². The van der Waals surface area contributed by atoms with Gasteiger partial charge in [-0.3, -0.25) is 0 Å². The van der Waals surface area contributed by atoms with Crippen LogP contribution in [0.5, 0.6) is 0 Å². The Kier molecular flexibility index (Phi) is 3.26. The fraction of sp³-hybridized carbons (Fsp3) is 0.333. The lowest BCUT2D eigenvalue weighted by Crippen LogP contribution is -2.01. The van der Waals surface area contributed by atoms with Gasteiger partial charge in [0.05, 0.1) is 0 Å². The summed E-state index contributed by atoms with van der Waals surface area (Å²) in [7, 11) is 1.48. The molecule has 1 N–H and O–H groups in total. The monoisotopic (exact) mass is 230 g/mol. The Balaban J connectivity index is 3.01. The topological polar surface area (TPSA) is 29.5 Å². The summed E-state index contributed by atoms with van der Waals surface area (Å²) < 4.78 is 5.80. The Morgan fingerprint density at radius 3 is 2.67 bits per heavy atom. The van der Waals surface area contributed by atoms with Gasteiger partial charge in [-0.15, -0.1) is 0 Å². The number of hydrogen-bond acceptors (Lipinski definition) is 2. The number of halogens is 1. The van der Waals surface area contributed by atoms with Gasteiger partial charge in [-0.25, -0.2) is 0 Å². The van der Waals surface area contributed by atoms with Crippen molar-refractivity contribution in [3.8, 4) is 0 Å². The molecule has 0 aliphatic rings. The van der Waals surface area contributed by atoms with Gasteiger partial charge in [-0.05, 0) is 24.6 Å². The highest BCUT2D eigenvalue weighted by atomic mass is 79.9. The number of benzene rings is 1. The lowest BCUT2D eigenvalue weighted by atomic mass is 10.1. The van der Waals surface area contributed by atoms with Gasteiger partial charge >= 0.3 is 0 Å². The third-order valence-electron chi connectivity index (χ3n) is 1.72. The van der Waals surface area contributed by atoms with Crippen LogP contribution in [0.25, 0.3) is 0 Å². The molecule has 0 saturated heterocycles. The standard InChI is InChI=1S/C9H11BrO2/c1-6-5-7(10)3-4-8(6)9(11)12-2/h3-5,9,11H,1-2H3. The van der Waals surface area contributed by atoms with Crippen LogP contribution in [0.3, 0.4) is 0 Å². The van der Waals surface area contributed by atoms with E-state index in [-0.39, 0.29) is 0 Å². The van der Waals surface area contributed by atoms with Gasteiger partial charge in [0.2, 0.25) is 0 Å². The van der Waals surface area contributed by atoms with E-state index >= 15 is 0 Å². The second kappa shape index (κ2) is 4.03. The van der Waals surface area contributed by atoms with Crippen molar-refractivity contribution in [2.75, 3.05) is 7.11 Å². The third-order valence-corrected chi connectivity index (χ3v) is 2.21. The summed E-state index contributed by atoms with van der Waals surface area (Å²) in [6.07, 6.45) is -0.821. The highest BCUT2D eigenvalue weighted by Crippen LogP contribution is 2.21. The normalized spacial score (nSPS) is 13.0. The molecular weight excluding hydrogens is 220 g/mol. The molecule has 2 nitrogen and oxygen atoms in total. The second-order valence-corrected chi connectivity index (χ2v) is 3.50. The summed E-state index contributed by atoms with van der Waals surface area (Å²) in [5.74, 6) is 0. The van der Waals surface area contributed by atoms with Gasteiger partial charge in [0.1, 0.15) is 0 Å². The van der Waals surface area contributed by atoms with Gasteiger partial charge in [0.15, 0.2) is 6.29 Å². The summed E-state index contributed by atoms with van der Waals surface area (Å²) in [6.45, 7) is 1.93. The average molecular weight is 231 g/mol. The first-order chi connectivity index (χ1) is 5.65. The first-order valence-corrected chi connectivity index (χ1v) is 4.41. The second-order valence-electron chi connectivity index (χ2n) is 2.59. The molecule has 0 fully saturated rings. The fourth-order valence-corrected chi connectivity index (χ4v) is 1.52. The molecule has 66 valence electrons. The van der Waals surface area contributed by atoms with E-state index in [9.17, 15) is 5.11 Å². The molecule has 0 amide bonds. The summed E-state index contributed by atoms with van der Waals surface area (Å²) >= 11 is 3.34. The molecule has 1 atom stereocenters. The Morgan fingerprint density at radius 2 is 2.17 bits per heavy atom. The van der Waals surface area contributed by atoms with Gasteiger partial charge in [-0.1, -0.05) is 22.0 Å². The minimum atomic E-state index is -0.821. The SMILES string of the molecule is COC(O)c1ccc(Br)cc1C. The van der Waals surface area contributed by atoms with E-state index < -0.39 is 6.29 Å². The number of aliphatic hydroxyl groups excluding tert-OH is 1. The van der Waals surface area contributed by atoms with E-state index in [4.69, 9.17) is 4.74 Å². The zero-order valence-electron chi connectivity index (χ0n) is 7.04. The van der Waals surface area contributed by atoms with Gasteiger partial charge in [0.25, 0.3) is 0 Å². The third kappa shape index (κ3) is 2.06. The lowest BCUT2D eigenvalue weighted by Gasteiger charge is -2.11. The van der Waals surface area contributed by atoms with Crippen molar-refractivity contribution in [2.45, 2.75) is 13.2 Å². The predicted molar refractivity (Wildman–Crippen MR) is 50.8 cm³/mol. The van der Waals surface area contributed by atoms with Crippen molar-refractivity contribution in [1.82, 2.24) is 0 Å². The maximum Gasteiger partial charge on any atom is 0.181 e. The quantitative estimate of drug-likeness (QED) is 0.792. The highest BCUT2D eigenvalue weighted by molar-refractivity contribution is 9.10. The van der Waals surface area contributed by atoms with E-state index in [2.05, 4.69) is 15.9 Å². The van der Waals surface area contributed by atoms with Crippen molar-refractivity contribution in [1.29, 1.82) is 0 Å². The van der Waals surface area contributed by atoms with E-state index in [1.807, 2.05) is 25.1 Å². The Labute approximate surface area is 80.3 Å². The predicted octanol–water partition coefficient (Wildman–Crippen LogP) is 2.39. The summed E-state index contributed by atoms with van der Waals surface area (Å²) in [5, 5.41) is 9.36. The maximum absolute atomic E-state index is 9.36. The first-order valence-electron chi connectivity index (χ1n) is 3.62. The summed E-state index contributed by atoms with van der Waals surface area (Å²) in [4.78, 5) is 0. The van der Waals surface area contributed by atoms with Crippen LogP contribution in [-0.2, 0) is 4.74 Å². The molecule has 0 aliphatic heterocycles. The number of hydrogen-bond donors (Lipinski definition) is 1. The maximum atomic E-state index is 9.36. The molecule has 1 aromatic carbocycles. The van der Waals surface area contributed by atoms with Crippen LogP contribution in [0.1, 0.15) is 17.4 Å². The van der Waals surface area contributed by atoms with E-state index in [1.54, 1.807) is 0 Å². The minimum absolute atomic E-state index is 0.806. The Morgan fingerprint density at radius 1 is 1.50 bits per heavy atom. The van der Waals surface area contributed by atoms with Crippen molar-refractivity contribution < 1.29 is 9.84 Å². The van der Waals surface area contributed by atoms with Crippen LogP contribution in [0.2, 0.25) is 0 Å². The molecule has 0 heterocycles. The van der Waals surface area contributed by atoms with Crippen molar-refractivity contribution in [3.63, 3.8) is 0 Å². The molecule has 1 rings (SSSR count). The zero-order valence-corrected chi connectivity index (χ0v) is 8.63.